The van der Waals surface area contributed by atoms with E-state index in [-0.39, 0.29) is 16.2 Å². The van der Waals surface area contributed by atoms with Crippen LogP contribution in [0.25, 0.3) is 17.2 Å². The van der Waals surface area contributed by atoms with Crippen molar-refractivity contribution in [2.24, 2.45) is 0 Å². The van der Waals surface area contributed by atoms with Gasteiger partial charge in [-0.1, -0.05) is 90.4 Å². The average Bonchev–Trinajstić information content (AvgIpc) is 2.98. The maximum atomic E-state index is 2.50. The molecule has 0 amide bonds. The van der Waals surface area contributed by atoms with E-state index >= 15 is 0 Å². The highest BCUT2D eigenvalue weighted by Gasteiger charge is 2.44. The second-order valence-corrected chi connectivity index (χ2v) is 11.2. The van der Waals surface area contributed by atoms with Gasteiger partial charge in [-0.15, -0.1) is 0 Å². The van der Waals surface area contributed by atoms with Crippen molar-refractivity contribution in [1.82, 2.24) is 0 Å². The molecule has 2 aliphatic rings. The quantitative estimate of drug-likeness (QED) is 0.493. The molecule has 2 aliphatic carbocycles. The lowest BCUT2D eigenvalue weighted by molar-refractivity contribution is 0.403. The smallest absolute Gasteiger partial charge is 0.00543 e. The van der Waals surface area contributed by atoms with E-state index in [1.165, 1.54) is 34.2 Å². The van der Waals surface area contributed by atoms with E-state index in [1.807, 2.05) is 0 Å². The largest absolute Gasteiger partial charge is 0.0683 e. The molecule has 4 rings (SSSR count). The minimum atomic E-state index is 0.193. The zero-order valence-electron chi connectivity index (χ0n) is 18.4. The second-order valence-electron chi connectivity index (χ2n) is 11.2. The lowest BCUT2D eigenvalue weighted by Crippen LogP contribution is -2.18. The molecule has 2 aromatic carbocycles. The van der Waals surface area contributed by atoms with E-state index in [0.717, 1.165) is 6.42 Å². The predicted octanol–water partition coefficient (Wildman–Crippen LogP) is 7.57. The Kier molecular flexibility index (Phi) is 3.84. The molecule has 0 unspecified atom stereocenters. The topological polar surface area (TPSA) is 0 Å². The fourth-order valence-electron chi connectivity index (χ4n) is 5.64. The van der Waals surface area contributed by atoms with Crippen LogP contribution in [0.4, 0.5) is 0 Å². The Bertz CT molecular complexity index is 941. The minimum Gasteiger partial charge on any atom is -0.0683 e. The number of hydrogen-bond acceptors (Lipinski definition) is 0. The SMILES string of the molecule is CC1=Cc2cc3c(c(-c4ccc(C(C)(C)C)cc4)c2C1)C(C)(C)CC3(C)C. The molecular formula is C27H34. The summed E-state index contributed by atoms with van der Waals surface area (Å²) in [5.74, 6) is 0. The van der Waals surface area contributed by atoms with Crippen LogP contribution >= 0.6 is 0 Å². The Labute approximate surface area is 165 Å². The lowest BCUT2D eigenvalue weighted by atomic mass is 9.78. The monoisotopic (exact) mass is 358 g/mol. The normalized spacial score (nSPS) is 19.6. The van der Waals surface area contributed by atoms with Crippen LogP contribution in [0, 0.1) is 0 Å². The van der Waals surface area contributed by atoms with Gasteiger partial charge in [0.25, 0.3) is 0 Å². The molecule has 0 aliphatic heterocycles. The summed E-state index contributed by atoms with van der Waals surface area (Å²) in [7, 11) is 0. The van der Waals surface area contributed by atoms with Crippen molar-refractivity contribution in [2.75, 3.05) is 0 Å². The highest BCUT2D eigenvalue weighted by Crippen LogP contribution is 2.55. The molecule has 27 heavy (non-hydrogen) atoms. The van der Waals surface area contributed by atoms with Gasteiger partial charge in [0.05, 0.1) is 0 Å². The zero-order valence-corrected chi connectivity index (χ0v) is 18.4. The summed E-state index contributed by atoms with van der Waals surface area (Å²) >= 11 is 0. The van der Waals surface area contributed by atoms with Crippen LogP contribution in [0.1, 0.15) is 89.6 Å². The molecule has 0 spiro atoms. The van der Waals surface area contributed by atoms with Crippen molar-refractivity contribution in [3.8, 4) is 11.1 Å². The summed E-state index contributed by atoms with van der Waals surface area (Å²) in [6, 6.07) is 11.9. The average molecular weight is 359 g/mol. The molecule has 0 heteroatoms. The van der Waals surface area contributed by atoms with Crippen LogP contribution in [-0.2, 0) is 22.7 Å². The fourth-order valence-corrected chi connectivity index (χ4v) is 5.64. The van der Waals surface area contributed by atoms with Crippen LogP contribution in [0.2, 0.25) is 0 Å². The number of benzene rings is 2. The first-order valence-electron chi connectivity index (χ1n) is 10.4. The van der Waals surface area contributed by atoms with Crippen molar-refractivity contribution in [2.45, 2.75) is 84.5 Å². The van der Waals surface area contributed by atoms with Crippen molar-refractivity contribution in [3.05, 3.63) is 63.7 Å². The third-order valence-corrected chi connectivity index (χ3v) is 6.66. The first kappa shape index (κ1) is 18.5. The van der Waals surface area contributed by atoms with E-state index in [9.17, 15) is 0 Å². The Balaban J connectivity index is 1.99. The number of rotatable bonds is 1. The van der Waals surface area contributed by atoms with Crippen LogP contribution in [0.5, 0.6) is 0 Å². The first-order valence-corrected chi connectivity index (χ1v) is 10.4. The highest BCUT2D eigenvalue weighted by molar-refractivity contribution is 5.83. The van der Waals surface area contributed by atoms with E-state index in [4.69, 9.17) is 0 Å². The standard InChI is InChI=1S/C27H34/c1-17-13-19-15-22-24(27(7,8)16-26(22,5)6)23(21(19)14-17)18-9-11-20(12-10-18)25(2,3)4/h9-13,15H,14,16H2,1-8H3. The van der Waals surface area contributed by atoms with Crippen LogP contribution in [-0.4, -0.2) is 0 Å². The number of fused-ring (bicyclic) bond motifs is 2. The number of allylic oxidation sites excluding steroid dienone is 1. The molecule has 0 saturated carbocycles. The maximum Gasteiger partial charge on any atom is -0.00543 e. The van der Waals surface area contributed by atoms with Crippen molar-refractivity contribution >= 4 is 6.08 Å². The van der Waals surface area contributed by atoms with Gasteiger partial charge < -0.3 is 0 Å². The molecule has 2 aromatic rings. The summed E-state index contributed by atoms with van der Waals surface area (Å²) in [5.41, 5.74) is 12.6. The van der Waals surface area contributed by atoms with E-state index in [0.29, 0.717) is 0 Å². The molecule has 0 aromatic heterocycles. The molecule has 0 atom stereocenters. The van der Waals surface area contributed by atoms with Gasteiger partial charge in [0.1, 0.15) is 0 Å². The van der Waals surface area contributed by atoms with Crippen LogP contribution in [0.15, 0.2) is 35.9 Å². The van der Waals surface area contributed by atoms with E-state index in [2.05, 4.69) is 91.8 Å². The van der Waals surface area contributed by atoms with Crippen LogP contribution < -0.4 is 0 Å². The minimum absolute atomic E-state index is 0.193. The molecule has 0 radical (unpaired) electrons. The second kappa shape index (κ2) is 5.60. The van der Waals surface area contributed by atoms with Crippen molar-refractivity contribution < 1.29 is 0 Å². The molecule has 0 heterocycles. The van der Waals surface area contributed by atoms with Gasteiger partial charge in [-0.05, 0) is 75.0 Å². The van der Waals surface area contributed by atoms with Crippen molar-refractivity contribution in [3.63, 3.8) is 0 Å². The Morgan fingerprint density at radius 2 is 1.52 bits per heavy atom. The Hall–Kier alpha value is -1.82. The molecule has 0 nitrogen and oxygen atoms in total. The van der Waals surface area contributed by atoms with Gasteiger partial charge in [0.2, 0.25) is 0 Å². The molecule has 0 N–H and O–H groups in total. The first-order chi connectivity index (χ1) is 12.4. The van der Waals surface area contributed by atoms with E-state index in [1.54, 1.807) is 16.7 Å². The third kappa shape index (κ3) is 2.89. The summed E-state index contributed by atoms with van der Waals surface area (Å²) in [4.78, 5) is 0. The van der Waals surface area contributed by atoms with Crippen molar-refractivity contribution in [1.29, 1.82) is 0 Å². The Morgan fingerprint density at radius 3 is 2.11 bits per heavy atom. The van der Waals surface area contributed by atoms with Gasteiger partial charge in [-0.25, -0.2) is 0 Å². The maximum absolute atomic E-state index is 2.50. The summed E-state index contributed by atoms with van der Waals surface area (Å²) in [6.45, 7) is 18.9. The summed E-state index contributed by atoms with van der Waals surface area (Å²) in [6.07, 6.45) is 4.72. The number of hydrogen-bond donors (Lipinski definition) is 0. The van der Waals surface area contributed by atoms with Crippen LogP contribution in [0.3, 0.4) is 0 Å². The Morgan fingerprint density at radius 1 is 0.889 bits per heavy atom. The molecule has 0 saturated heterocycles. The highest BCUT2D eigenvalue weighted by atomic mass is 14.5. The van der Waals surface area contributed by atoms with Gasteiger partial charge in [0.15, 0.2) is 0 Å². The molecule has 0 fully saturated rings. The summed E-state index contributed by atoms with van der Waals surface area (Å²) in [5, 5.41) is 0. The summed E-state index contributed by atoms with van der Waals surface area (Å²) < 4.78 is 0. The lowest BCUT2D eigenvalue weighted by Gasteiger charge is -2.26. The molecule has 142 valence electrons. The molecule has 0 bridgehead atoms. The van der Waals surface area contributed by atoms with E-state index < -0.39 is 0 Å². The van der Waals surface area contributed by atoms with Gasteiger partial charge >= 0.3 is 0 Å². The van der Waals surface area contributed by atoms with Gasteiger partial charge in [-0.2, -0.15) is 0 Å². The third-order valence-electron chi connectivity index (χ3n) is 6.66. The predicted molar refractivity (Wildman–Crippen MR) is 119 cm³/mol. The van der Waals surface area contributed by atoms with Gasteiger partial charge in [-0.3, -0.25) is 0 Å². The zero-order chi connectivity index (χ0) is 19.8. The fraction of sp³-hybridized carbons (Fsp3) is 0.481. The molecular weight excluding hydrogens is 324 g/mol. The van der Waals surface area contributed by atoms with Gasteiger partial charge in [0, 0.05) is 0 Å².